The van der Waals surface area contributed by atoms with Gasteiger partial charge in [0.15, 0.2) is 5.82 Å². The Morgan fingerprint density at radius 2 is 2.05 bits per heavy atom. The molecule has 2 rings (SSSR count). The van der Waals surface area contributed by atoms with E-state index in [2.05, 4.69) is 42.3 Å². The smallest absolute Gasteiger partial charge is 0.152 e. The van der Waals surface area contributed by atoms with Crippen molar-refractivity contribution in [1.29, 1.82) is 0 Å². The van der Waals surface area contributed by atoms with Crippen LogP contribution < -0.4 is 15.8 Å². The summed E-state index contributed by atoms with van der Waals surface area (Å²) >= 11 is 6.98. The standard InChI is InChI=1S/C13H16Br2N4O/c1-4-19-13(12(16)7(2)18-19)17-10-6-11(20-3)9(15)5-8(10)14/h5-6,17H,4,16H2,1-3H3. The van der Waals surface area contributed by atoms with E-state index in [0.29, 0.717) is 5.69 Å². The first kappa shape index (κ1) is 15.2. The molecule has 2 aromatic rings. The predicted octanol–water partition coefficient (Wildman–Crippen LogP) is 4.07. The molecule has 0 radical (unpaired) electrons. The number of aryl methyl sites for hydroxylation is 2. The summed E-state index contributed by atoms with van der Waals surface area (Å²) in [6, 6.07) is 3.83. The highest BCUT2D eigenvalue weighted by molar-refractivity contribution is 9.11. The number of nitrogens with zero attached hydrogens (tertiary/aromatic N) is 2. The number of ether oxygens (including phenoxy) is 1. The van der Waals surface area contributed by atoms with E-state index in [9.17, 15) is 0 Å². The molecule has 20 heavy (non-hydrogen) atoms. The molecule has 1 heterocycles. The Morgan fingerprint density at radius 3 is 2.65 bits per heavy atom. The Labute approximate surface area is 134 Å². The molecule has 0 amide bonds. The van der Waals surface area contributed by atoms with Crippen LogP contribution in [0.15, 0.2) is 21.1 Å². The van der Waals surface area contributed by atoms with Gasteiger partial charge in [0.05, 0.1) is 28.7 Å². The number of rotatable bonds is 4. The van der Waals surface area contributed by atoms with Gasteiger partial charge >= 0.3 is 0 Å². The maximum absolute atomic E-state index is 6.08. The highest BCUT2D eigenvalue weighted by Gasteiger charge is 2.14. The largest absolute Gasteiger partial charge is 0.495 e. The van der Waals surface area contributed by atoms with Crippen LogP contribution in [0.2, 0.25) is 0 Å². The summed E-state index contributed by atoms with van der Waals surface area (Å²) in [5.41, 5.74) is 8.41. The van der Waals surface area contributed by atoms with Gasteiger partial charge < -0.3 is 15.8 Å². The third kappa shape index (κ3) is 2.78. The van der Waals surface area contributed by atoms with Crippen LogP contribution in [0.1, 0.15) is 12.6 Å². The quantitative estimate of drug-likeness (QED) is 0.807. The molecule has 0 bridgehead atoms. The number of methoxy groups -OCH3 is 1. The van der Waals surface area contributed by atoms with Crippen molar-refractivity contribution in [3.05, 3.63) is 26.8 Å². The normalized spacial score (nSPS) is 10.7. The molecule has 0 saturated carbocycles. The van der Waals surface area contributed by atoms with Gasteiger partial charge in [-0.25, -0.2) is 4.68 Å². The number of hydrogen-bond donors (Lipinski definition) is 2. The van der Waals surface area contributed by atoms with E-state index in [1.807, 2.05) is 30.7 Å². The Balaban J connectivity index is 2.44. The summed E-state index contributed by atoms with van der Waals surface area (Å²) in [5.74, 6) is 1.53. The molecule has 0 aliphatic carbocycles. The van der Waals surface area contributed by atoms with Crippen LogP contribution in [0.25, 0.3) is 0 Å². The average Bonchev–Trinajstić information content (AvgIpc) is 2.69. The first-order chi connectivity index (χ1) is 9.47. The molecule has 108 valence electrons. The molecule has 0 spiro atoms. The minimum atomic E-state index is 0.653. The fourth-order valence-corrected chi connectivity index (χ4v) is 3.12. The fraction of sp³-hybridized carbons (Fsp3) is 0.308. The third-order valence-electron chi connectivity index (χ3n) is 2.97. The second-order valence-electron chi connectivity index (χ2n) is 4.26. The molecule has 3 N–H and O–H groups in total. The maximum Gasteiger partial charge on any atom is 0.152 e. The summed E-state index contributed by atoms with van der Waals surface area (Å²) in [7, 11) is 1.63. The van der Waals surface area contributed by atoms with Gasteiger partial charge in [-0.3, -0.25) is 0 Å². The number of anilines is 3. The van der Waals surface area contributed by atoms with E-state index in [1.165, 1.54) is 0 Å². The van der Waals surface area contributed by atoms with Gasteiger partial charge in [-0.2, -0.15) is 5.10 Å². The van der Waals surface area contributed by atoms with Gasteiger partial charge in [0.25, 0.3) is 0 Å². The number of benzene rings is 1. The number of nitrogens with two attached hydrogens (primary N) is 1. The molecular formula is C13H16Br2N4O. The van der Waals surface area contributed by atoms with Gasteiger partial charge in [0.2, 0.25) is 0 Å². The summed E-state index contributed by atoms with van der Waals surface area (Å²) in [6.07, 6.45) is 0. The van der Waals surface area contributed by atoms with Crippen LogP contribution in [-0.2, 0) is 6.54 Å². The van der Waals surface area contributed by atoms with Gasteiger partial charge in [-0.1, -0.05) is 0 Å². The van der Waals surface area contributed by atoms with Gasteiger partial charge in [-0.15, -0.1) is 0 Å². The van der Waals surface area contributed by atoms with E-state index in [4.69, 9.17) is 10.5 Å². The molecule has 1 aromatic carbocycles. The minimum Gasteiger partial charge on any atom is -0.495 e. The van der Waals surface area contributed by atoms with Crippen molar-refractivity contribution >= 4 is 49.1 Å². The molecule has 5 nitrogen and oxygen atoms in total. The molecular weight excluding hydrogens is 388 g/mol. The molecule has 0 atom stereocenters. The zero-order chi connectivity index (χ0) is 14.9. The Morgan fingerprint density at radius 1 is 1.35 bits per heavy atom. The lowest BCUT2D eigenvalue weighted by Gasteiger charge is -2.13. The first-order valence-electron chi connectivity index (χ1n) is 6.10. The highest BCUT2D eigenvalue weighted by Crippen LogP contribution is 2.37. The van der Waals surface area contributed by atoms with E-state index in [0.717, 1.165) is 38.4 Å². The van der Waals surface area contributed by atoms with Gasteiger partial charge in [0, 0.05) is 17.1 Å². The van der Waals surface area contributed by atoms with Crippen LogP contribution in [0.3, 0.4) is 0 Å². The molecule has 0 aliphatic rings. The SMILES string of the molecule is CCn1nc(C)c(N)c1Nc1cc(OC)c(Br)cc1Br. The van der Waals surface area contributed by atoms with Gasteiger partial charge in [-0.05, 0) is 51.8 Å². The summed E-state index contributed by atoms with van der Waals surface area (Å²) < 4.78 is 8.94. The summed E-state index contributed by atoms with van der Waals surface area (Å²) in [6.45, 7) is 4.66. The summed E-state index contributed by atoms with van der Waals surface area (Å²) in [4.78, 5) is 0. The van der Waals surface area contributed by atoms with Crippen LogP contribution >= 0.6 is 31.9 Å². The number of nitrogens with one attached hydrogen (secondary N) is 1. The van der Waals surface area contributed by atoms with Gasteiger partial charge in [0.1, 0.15) is 5.75 Å². The van der Waals surface area contributed by atoms with E-state index < -0.39 is 0 Å². The van der Waals surface area contributed by atoms with Crippen molar-refractivity contribution in [2.45, 2.75) is 20.4 Å². The average molecular weight is 404 g/mol. The number of hydrogen-bond acceptors (Lipinski definition) is 4. The molecule has 7 heteroatoms. The molecule has 0 unspecified atom stereocenters. The van der Waals surface area contributed by atoms with Crippen molar-refractivity contribution in [3.63, 3.8) is 0 Å². The monoisotopic (exact) mass is 402 g/mol. The lowest BCUT2D eigenvalue weighted by molar-refractivity contribution is 0.412. The van der Waals surface area contributed by atoms with Crippen molar-refractivity contribution < 1.29 is 4.74 Å². The second-order valence-corrected chi connectivity index (χ2v) is 5.96. The van der Waals surface area contributed by atoms with Crippen LogP contribution in [0.4, 0.5) is 17.2 Å². The number of nitrogen functional groups attached to an aromatic ring is 1. The number of aromatic nitrogens is 2. The number of halogens is 2. The Bertz CT molecular complexity index is 640. The third-order valence-corrected chi connectivity index (χ3v) is 4.24. The van der Waals surface area contributed by atoms with Crippen LogP contribution in [-0.4, -0.2) is 16.9 Å². The Kier molecular flexibility index (Phi) is 4.59. The lowest BCUT2D eigenvalue weighted by atomic mass is 10.3. The van der Waals surface area contributed by atoms with Crippen LogP contribution in [0, 0.1) is 6.92 Å². The zero-order valence-corrected chi connectivity index (χ0v) is 14.7. The highest BCUT2D eigenvalue weighted by atomic mass is 79.9. The van der Waals surface area contributed by atoms with E-state index >= 15 is 0 Å². The summed E-state index contributed by atoms with van der Waals surface area (Å²) in [5, 5.41) is 7.70. The lowest BCUT2D eigenvalue weighted by Crippen LogP contribution is -2.05. The van der Waals surface area contributed by atoms with Crippen molar-refractivity contribution in [2.24, 2.45) is 0 Å². The first-order valence-corrected chi connectivity index (χ1v) is 7.69. The van der Waals surface area contributed by atoms with Crippen LogP contribution in [0.5, 0.6) is 5.75 Å². The van der Waals surface area contributed by atoms with Crippen molar-refractivity contribution in [1.82, 2.24) is 9.78 Å². The zero-order valence-electron chi connectivity index (χ0n) is 11.5. The Hall–Kier alpha value is -1.21. The topological polar surface area (TPSA) is 65.1 Å². The molecule has 1 aromatic heterocycles. The fourth-order valence-electron chi connectivity index (χ4n) is 1.86. The predicted molar refractivity (Wildman–Crippen MR) is 88.7 cm³/mol. The maximum atomic E-state index is 6.08. The molecule has 0 fully saturated rings. The minimum absolute atomic E-state index is 0.653. The van der Waals surface area contributed by atoms with Crippen molar-refractivity contribution in [3.8, 4) is 5.75 Å². The molecule has 0 saturated heterocycles. The second kappa shape index (κ2) is 6.05. The molecule has 0 aliphatic heterocycles. The van der Waals surface area contributed by atoms with E-state index in [1.54, 1.807) is 7.11 Å². The van der Waals surface area contributed by atoms with E-state index in [-0.39, 0.29) is 0 Å². The van der Waals surface area contributed by atoms with Crippen molar-refractivity contribution in [2.75, 3.05) is 18.2 Å².